The summed E-state index contributed by atoms with van der Waals surface area (Å²) in [5.41, 5.74) is 0.138. The third-order valence-electron chi connectivity index (χ3n) is 3.29. The summed E-state index contributed by atoms with van der Waals surface area (Å²) in [6.07, 6.45) is 2.47. The molecule has 8 heteroatoms. The van der Waals surface area contributed by atoms with E-state index in [4.69, 9.17) is 16.1 Å². The summed E-state index contributed by atoms with van der Waals surface area (Å²) in [6, 6.07) is 2.89. The molecule has 3 rings (SSSR count). The molecule has 0 unspecified atom stereocenters. The molecular weight excluding hydrogens is 296 g/mol. The second kappa shape index (κ2) is 5.69. The first-order valence-electron chi connectivity index (χ1n) is 6.62. The van der Waals surface area contributed by atoms with E-state index < -0.39 is 0 Å². The Morgan fingerprint density at radius 2 is 2.19 bits per heavy atom. The average Bonchev–Trinajstić information content (AvgIpc) is 2.89. The fourth-order valence-corrected chi connectivity index (χ4v) is 2.48. The minimum atomic E-state index is -0.338. The van der Waals surface area contributed by atoms with E-state index in [2.05, 4.69) is 15.1 Å². The Bertz CT molecular complexity index is 724. The van der Waals surface area contributed by atoms with Crippen LogP contribution in [0.2, 0.25) is 5.15 Å². The first-order valence-corrected chi connectivity index (χ1v) is 7.00. The molecule has 0 aromatic carbocycles. The van der Waals surface area contributed by atoms with Gasteiger partial charge in [0, 0.05) is 24.6 Å². The number of halogens is 1. The molecule has 1 fully saturated rings. The highest BCUT2D eigenvalue weighted by Crippen LogP contribution is 2.18. The summed E-state index contributed by atoms with van der Waals surface area (Å²) < 4.78 is 5.14. The van der Waals surface area contributed by atoms with Crippen molar-refractivity contribution in [3.63, 3.8) is 0 Å². The summed E-state index contributed by atoms with van der Waals surface area (Å²) in [5.74, 6) is 0.722. The number of pyridine rings is 1. The maximum atomic E-state index is 11.7. The highest BCUT2D eigenvalue weighted by molar-refractivity contribution is 6.29. The molecule has 1 aliphatic heterocycles. The number of rotatable bonds is 3. The first kappa shape index (κ1) is 13.8. The van der Waals surface area contributed by atoms with Crippen LogP contribution in [0.4, 0.5) is 0 Å². The molecule has 110 valence electrons. The zero-order chi connectivity index (χ0) is 14.8. The van der Waals surface area contributed by atoms with Gasteiger partial charge in [0.2, 0.25) is 23.2 Å². The van der Waals surface area contributed by atoms with Crippen molar-refractivity contribution in [3.8, 4) is 11.4 Å². The van der Waals surface area contributed by atoms with Gasteiger partial charge < -0.3 is 14.4 Å². The van der Waals surface area contributed by atoms with E-state index in [9.17, 15) is 9.59 Å². The summed E-state index contributed by atoms with van der Waals surface area (Å²) in [4.78, 5) is 31.4. The number of amides is 1. The fourth-order valence-electron chi connectivity index (χ4n) is 2.27. The van der Waals surface area contributed by atoms with Crippen molar-refractivity contribution in [2.75, 3.05) is 6.54 Å². The molecule has 0 saturated carbocycles. The van der Waals surface area contributed by atoms with Crippen LogP contribution in [0.3, 0.4) is 0 Å². The quantitative estimate of drug-likeness (QED) is 0.869. The van der Waals surface area contributed by atoms with Gasteiger partial charge in [0.15, 0.2) is 0 Å². The third kappa shape index (κ3) is 3.13. The van der Waals surface area contributed by atoms with Crippen molar-refractivity contribution in [2.45, 2.75) is 25.8 Å². The lowest BCUT2D eigenvalue weighted by molar-refractivity contribution is -0.134. The average molecular weight is 309 g/mol. The number of nitrogens with zero attached hydrogens (tertiary/aromatic N) is 3. The molecule has 1 aliphatic rings. The molecule has 0 atom stereocenters. The summed E-state index contributed by atoms with van der Waals surface area (Å²) in [7, 11) is 0. The van der Waals surface area contributed by atoms with Crippen LogP contribution >= 0.6 is 11.6 Å². The van der Waals surface area contributed by atoms with Crippen LogP contribution in [0.25, 0.3) is 11.4 Å². The lowest BCUT2D eigenvalue weighted by atomic mass is 10.1. The van der Waals surface area contributed by atoms with E-state index in [0.717, 1.165) is 12.8 Å². The maximum absolute atomic E-state index is 11.7. The zero-order valence-electron chi connectivity index (χ0n) is 11.1. The molecule has 21 heavy (non-hydrogen) atoms. The van der Waals surface area contributed by atoms with E-state index in [1.54, 1.807) is 11.0 Å². The number of piperidine rings is 1. The van der Waals surface area contributed by atoms with Crippen LogP contribution < -0.4 is 5.56 Å². The van der Waals surface area contributed by atoms with Crippen LogP contribution in [0, 0.1) is 0 Å². The molecule has 1 amide bonds. The SMILES string of the molecule is O=C1CCCCN1Cc1nc(-c2cc(Cl)[nH]c(=O)c2)no1. The molecule has 2 aromatic rings. The Labute approximate surface area is 124 Å². The minimum absolute atomic E-state index is 0.0974. The van der Waals surface area contributed by atoms with Crippen molar-refractivity contribution in [2.24, 2.45) is 0 Å². The van der Waals surface area contributed by atoms with Gasteiger partial charge in [0.25, 0.3) is 0 Å². The van der Waals surface area contributed by atoms with Crippen LogP contribution in [0.5, 0.6) is 0 Å². The number of likely N-dealkylation sites (tertiary alicyclic amines) is 1. The summed E-state index contributed by atoms with van der Waals surface area (Å²) >= 11 is 5.79. The predicted molar refractivity (Wildman–Crippen MR) is 74.6 cm³/mol. The molecule has 2 aromatic heterocycles. The predicted octanol–water partition coefficient (Wildman–Crippen LogP) is 1.59. The molecule has 0 bridgehead atoms. The number of hydrogen-bond acceptors (Lipinski definition) is 5. The van der Waals surface area contributed by atoms with Crippen molar-refractivity contribution in [3.05, 3.63) is 33.5 Å². The van der Waals surface area contributed by atoms with Crippen molar-refractivity contribution >= 4 is 17.5 Å². The van der Waals surface area contributed by atoms with Gasteiger partial charge in [0.05, 0.1) is 6.54 Å². The molecule has 1 saturated heterocycles. The highest BCUT2D eigenvalue weighted by atomic mass is 35.5. The first-order chi connectivity index (χ1) is 10.1. The van der Waals surface area contributed by atoms with Crippen molar-refractivity contribution in [1.82, 2.24) is 20.0 Å². The van der Waals surface area contributed by atoms with E-state index in [1.165, 1.54) is 6.07 Å². The minimum Gasteiger partial charge on any atom is -0.337 e. The van der Waals surface area contributed by atoms with Crippen LogP contribution in [-0.2, 0) is 11.3 Å². The third-order valence-corrected chi connectivity index (χ3v) is 3.49. The van der Waals surface area contributed by atoms with Gasteiger partial charge in [0.1, 0.15) is 5.15 Å². The Morgan fingerprint density at radius 3 is 2.95 bits per heavy atom. The van der Waals surface area contributed by atoms with Gasteiger partial charge in [-0.1, -0.05) is 16.8 Å². The molecule has 7 nitrogen and oxygen atoms in total. The van der Waals surface area contributed by atoms with Crippen molar-refractivity contribution in [1.29, 1.82) is 0 Å². The number of carbonyl (C=O) groups is 1. The van der Waals surface area contributed by atoms with E-state index in [-0.39, 0.29) is 22.4 Å². The molecule has 1 N–H and O–H groups in total. The number of nitrogens with one attached hydrogen (secondary N) is 1. The van der Waals surface area contributed by atoms with Gasteiger partial charge >= 0.3 is 0 Å². The molecular formula is C13H13ClN4O3. The van der Waals surface area contributed by atoms with Gasteiger partial charge in [-0.3, -0.25) is 9.59 Å². The largest absolute Gasteiger partial charge is 0.337 e. The standard InChI is InChI=1S/C13H13ClN4O3/c14-9-5-8(6-10(19)15-9)13-16-11(21-17-13)7-18-4-2-1-3-12(18)20/h5-6H,1-4,7H2,(H,15,19). The van der Waals surface area contributed by atoms with E-state index in [0.29, 0.717) is 31.0 Å². The molecule has 0 spiro atoms. The van der Waals surface area contributed by atoms with Crippen LogP contribution in [0.15, 0.2) is 21.5 Å². The fraction of sp³-hybridized carbons (Fsp3) is 0.385. The lowest BCUT2D eigenvalue weighted by Gasteiger charge is -2.24. The Hall–Kier alpha value is -2.15. The van der Waals surface area contributed by atoms with Crippen LogP contribution in [0.1, 0.15) is 25.2 Å². The van der Waals surface area contributed by atoms with Crippen molar-refractivity contribution < 1.29 is 9.32 Å². The van der Waals surface area contributed by atoms with E-state index in [1.807, 2.05) is 0 Å². The molecule has 3 heterocycles. The number of carbonyl (C=O) groups excluding carboxylic acids is 1. The lowest BCUT2D eigenvalue weighted by Crippen LogP contribution is -2.34. The maximum Gasteiger partial charge on any atom is 0.249 e. The Morgan fingerprint density at radius 1 is 1.33 bits per heavy atom. The number of H-pyrrole nitrogens is 1. The summed E-state index contributed by atoms with van der Waals surface area (Å²) in [6.45, 7) is 0.996. The molecule has 0 radical (unpaired) electrons. The number of aromatic amines is 1. The Balaban J connectivity index is 1.79. The second-order valence-electron chi connectivity index (χ2n) is 4.87. The zero-order valence-corrected chi connectivity index (χ0v) is 11.9. The topological polar surface area (TPSA) is 92.1 Å². The van der Waals surface area contributed by atoms with Gasteiger partial charge in [-0.15, -0.1) is 0 Å². The highest BCUT2D eigenvalue weighted by Gasteiger charge is 2.21. The van der Waals surface area contributed by atoms with Gasteiger partial charge in [-0.05, 0) is 18.9 Å². The van der Waals surface area contributed by atoms with Gasteiger partial charge in [-0.25, -0.2) is 0 Å². The van der Waals surface area contributed by atoms with Crippen LogP contribution in [-0.4, -0.2) is 32.5 Å². The normalized spacial score (nSPS) is 15.5. The summed E-state index contributed by atoms with van der Waals surface area (Å²) in [5, 5.41) is 4.03. The second-order valence-corrected chi connectivity index (χ2v) is 5.27. The number of aromatic nitrogens is 3. The van der Waals surface area contributed by atoms with Gasteiger partial charge in [-0.2, -0.15) is 4.98 Å². The van der Waals surface area contributed by atoms with E-state index >= 15 is 0 Å². The Kier molecular flexibility index (Phi) is 3.74. The smallest absolute Gasteiger partial charge is 0.249 e. The molecule has 0 aliphatic carbocycles. The number of hydrogen-bond donors (Lipinski definition) is 1. The monoisotopic (exact) mass is 308 g/mol.